The zero-order chi connectivity index (χ0) is 21.6. The van der Waals surface area contributed by atoms with Gasteiger partial charge in [0.2, 0.25) is 6.10 Å². The van der Waals surface area contributed by atoms with Gasteiger partial charge in [-0.25, -0.2) is 0 Å². The van der Waals surface area contributed by atoms with Gasteiger partial charge in [-0.2, -0.15) is 0 Å². The first-order chi connectivity index (χ1) is 15.1. The summed E-state index contributed by atoms with van der Waals surface area (Å²) in [6.45, 7) is 1.60. The topological polar surface area (TPSA) is 89.9 Å². The molecule has 1 aliphatic heterocycles. The van der Waals surface area contributed by atoms with E-state index in [1.54, 1.807) is 12.4 Å². The Labute approximate surface area is 179 Å². The summed E-state index contributed by atoms with van der Waals surface area (Å²) in [5.74, 6) is -0.580. The van der Waals surface area contributed by atoms with Crippen molar-refractivity contribution < 1.29 is 19.2 Å². The molecule has 0 bridgehead atoms. The molecule has 1 amide bonds. The van der Waals surface area contributed by atoms with Gasteiger partial charge in [0.25, 0.3) is 5.91 Å². The lowest BCUT2D eigenvalue weighted by molar-refractivity contribution is -0.142. The third kappa shape index (κ3) is 4.95. The van der Waals surface area contributed by atoms with E-state index in [1.165, 1.54) is 6.92 Å². The molecule has 0 fully saturated rings. The summed E-state index contributed by atoms with van der Waals surface area (Å²) in [5, 5.41) is 6.89. The van der Waals surface area contributed by atoms with Crippen LogP contribution in [0.3, 0.4) is 0 Å². The van der Waals surface area contributed by atoms with Crippen LogP contribution in [-0.4, -0.2) is 28.7 Å². The minimum absolute atomic E-state index is 0.211. The molecule has 4 rings (SSSR count). The molecule has 0 saturated carbocycles. The monoisotopic (exact) mass is 415 g/mol. The largest absolute Gasteiger partial charge is 0.461 e. The second-order valence-corrected chi connectivity index (χ2v) is 7.08. The highest BCUT2D eigenvalue weighted by Crippen LogP contribution is 2.26. The quantitative estimate of drug-likeness (QED) is 0.616. The molecule has 2 heterocycles. The van der Waals surface area contributed by atoms with Crippen molar-refractivity contribution in [2.24, 2.45) is 5.16 Å². The molecule has 7 nitrogen and oxygen atoms in total. The first kappa shape index (κ1) is 20.3. The Balaban J connectivity index is 1.40. The molecule has 0 radical (unpaired) electrons. The van der Waals surface area contributed by atoms with E-state index in [0.29, 0.717) is 17.8 Å². The molecule has 1 atom stereocenters. The molecule has 0 aliphatic carbocycles. The highest BCUT2D eigenvalue weighted by Gasteiger charge is 2.29. The van der Waals surface area contributed by atoms with Gasteiger partial charge in [0.05, 0.1) is 5.71 Å². The van der Waals surface area contributed by atoms with Crippen molar-refractivity contribution in [3.05, 3.63) is 84.2 Å². The summed E-state index contributed by atoms with van der Waals surface area (Å²) in [4.78, 5) is 33.1. The van der Waals surface area contributed by atoms with Crippen LogP contribution < -0.4 is 5.32 Å². The van der Waals surface area contributed by atoms with Crippen LogP contribution in [0.1, 0.15) is 24.5 Å². The summed E-state index contributed by atoms with van der Waals surface area (Å²) in [7, 11) is 0. The van der Waals surface area contributed by atoms with E-state index in [2.05, 4.69) is 15.5 Å². The summed E-state index contributed by atoms with van der Waals surface area (Å²) in [5.41, 5.74) is 5.04. The number of nitrogens with zero attached hydrogens (tertiary/aromatic N) is 2. The van der Waals surface area contributed by atoms with Gasteiger partial charge in [0.15, 0.2) is 0 Å². The number of esters is 1. The second-order valence-electron chi connectivity index (χ2n) is 7.08. The first-order valence-corrected chi connectivity index (χ1v) is 9.86. The Kier molecular flexibility index (Phi) is 6.03. The van der Waals surface area contributed by atoms with Gasteiger partial charge in [0.1, 0.15) is 6.61 Å². The molecular formula is C24H21N3O4. The van der Waals surface area contributed by atoms with Gasteiger partial charge in [-0.15, -0.1) is 0 Å². The predicted octanol–water partition coefficient (Wildman–Crippen LogP) is 3.94. The van der Waals surface area contributed by atoms with Crippen molar-refractivity contribution in [1.82, 2.24) is 4.98 Å². The number of rotatable bonds is 6. The lowest BCUT2D eigenvalue weighted by Crippen LogP contribution is -2.28. The number of carbonyl (C=O) groups is 2. The van der Waals surface area contributed by atoms with E-state index in [9.17, 15) is 9.59 Å². The van der Waals surface area contributed by atoms with Crippen LogP contribution in [0, 0.1) is 0 Å². The molecular weight excluding hydrogens is 394 g/mol. The lowest BCUT2D eigenvalue weighted by Gasteiger charge is -2.12. The Bertz CT molecular complexity index is 1110. The van der Waals surface area contributed by atoms with E-state index in [4.69, 9.17) is 9.57 Å². The molecule has 1 aliphatic rings. The molecule has 1 aromatic heterocycles. The van der Waals surface area contributed by atoms with Crippen LogP contribution in [-0.2, 0) is 25.8 Å². The number of oxime groups is 1. The number of amides is 1. The van der Waals surface area contributed by atoms with Gasteiger partial charge in [-0.05, 0) is 41.0 Å². The molecule has 2 aromatic carbocycles. The van der Waals surface area contributed by atoms with Crippen molar-refractivity contribution in [2.45, 2.75) is 26.1 Å². The van der Waals surface area contributed by atoms with Crippen molar-refractivity contribution in [1.29, 1.82) is 0 Å². The number of ether oxygens (including phenoxy) is 1. The zero-order valence-corrected chi connectivity index (χ0v) is 16.9. The summed E-state index contributed by atoms with van der Waals surface area (Å²) in [6, 6.07) is 18.9. The van der Waals surface area contributed by atoms with Crippen LogP contribution in [0.5, 0.6) is 0 Å². The maximum atomic E-state index is 12.6. The Morgan fingerprint density at radius 1 is 1.06 bits per heavy atom. The van der Waals surface area contributed by atoms with Crippen LogP contribution in [0.4, 0.5) is 5.69 Å². The van der Waals surface area contributed by atoms with E-state index in [1.807, 2.05) is 60.7 Å². The van der Waals surface area contributed by atoms with E-state index < -0.39 is 6.10 Å². The average molecular weight is 415 g/mol. The van der Waals surface area contributed by atoms with Crippen molar-refractivity contribution in [3.63, 3.8) is 0 Å². The fourth-order valence-electron chi connectivity index (χ4n) is 3.29. The van der Waals surface area contributed by atoms with Gasteiger partial charge in [0, 0.05) is 37.0 Å². The fraction of sp³-hybridized carbons (Fsp3) is 0.167. The van der Waals surface area contributed by atoms with Gasteiger partial charge in [-0.1, -0.05) is 41.6 Å². The third-order valence-corrected chi connectivity index (χ3v) is 4.87. The van der Waals surface area contributed by atoms with E-state index in [-0.39, 0.29) is 18.5 Å². The van der Waals surface area contributed by atoms with E-state index in [0.717, 1.165) is 22.3 Å². The number of carbonyl (C=O) groups excluding carboxylic acids is 2. The highest BCUT2D eigenvalue weighted by atomic mass is 16.6. The number of hydrogen-bond donors (Lipinski definition) is 1. The number of aromatic nitrogens is 1. The standard InChI is InChI=1S/C24H21N3O4/c1-16(28)30-15-19-5-2-3-7-21(19)17-8-10-20(11-9-17)26-24(29)23-13-22(27-31-23)18-6-4-12-25-14-18/h2-12,14,23H,13,15H2,1H3,(H,26,29). The molecule has 3 aromatic rings. The Hall–Kier alpha value is -4.00. The van der Waals surface area contributed by atoms with Crippen LogP contribution >= 0.6 is 0 Å². The third-order valence-electron chi connectivity index (χ3n) is 4.87. The maximum absolute atomic E-state index is 12.6. The summed E-state index contributed by atoms with van der Waals surface area (Å²) >= 11 is 0. The number of anilines is 1. The second kappa shape index (κ2) is 9.21. The smallest absolute Gasteiger partial charge is 0.302 e. The maximum Gasteiger partial charge on any atom is 0.302 e. The van der Waals surface area contributed by atoms with Crippen LogP contribution in [0.25, 0.3) is 11.1 Å². The molecule has 0 saturated heterocycles. The predicted molar refractivity (Wildman–Crippen MR) is 116 cm³/mol. The average Bonchev–Trinajstić information content (AvgIpc) is 3.30. The normalized spacial score (nSPS) is 15.0. The minimum Gasteiger partial charge on any atom is -0.461 e. The van der Waals surface area contributed by atoms with Gasteiger partial charge < -0.3 is 14.9 Å². The molecule has 7 heteroatoms. The lowest BCUT2D eigenvalue weighted by atomic mass is 10.00. The van der Waals surface area contributed by atoms with Crippen molar-refractivity contribution in [3.8, 4) is 11.1 Å². The zero-order valence-electron chi connectivity index (χ0n) is 16.9. The summed E-state index contributed by atoms with van der Waals surface area (Å²) < 4.78 is 5.14. The Morgan fingerprint density at radius 3 is 2.61 bits per heavy atom. The fourth-order valence-corrected chi connectivity index (χ4v) is 3.29. The molecule has 31 heavy (non-hydrogen) atoms. The number of hydrogen-bond acceptors (Lipinski definition) is 6. The van der Waals surface area contributed by atoms with Gasteiger partial charge in [-0.3, -0.25) is 14.6 Å². The highest BCUT2D eigenvalue weighted by molar-refractivity contribution is 6.06. The Morgan fingerprint density at radius 2 is 1.87 bits per heavy atom. The molecule has 1 unspecified atom stereocenters. The molecule has 0 spiro atoms. The first-order valence-electron chi connectivity index (χ1n) is 9.86. The minimum atomic E-state index is -0.681. The van der Waals surface area contributed by atoms with Crippen molar-refractivity contribution >= 4 is 23.3 Å². The molecule has 156 valence electrons. The number of nitrogens with one attached hydrogen (secondary N) is 1. The summed E-state index contributed by atoms with van der Waals surface area (Å²) in [6.07, 6.45) is 3.08. The van der Waals surface area contributed by atoms with Crippen LogP contribution in [0.2, 0.25) is 0 Å². The van der Waals surface area contributed by atoms with Gasteiger partial charge >= 0.3 is 5.97 Å². The van der Waals surface area contributed by atoms with E-state index >= 15 is 0 Å². The number of benzene rings is 2. The van der Waals surface area contributed by atoms with Crippen LogP contribution in [0.15, 0.2) is 78.2 Å². The molecule has 1 N–H and O–H groups in total. The van der Waals surface area contributed by atoms with Crippen molar-refractivity contribution in [2.75, 3.05) is 5.32 Å². The number of pyridine rings is 1. The SMILES string of the molecule is CC(=O)OCc1ccccc1-c1ccc(NC(=O)C2CC(c3cccnc3)=NO2)cc1.